The minimum atomic E-state index is -3.53. The summed E-state index contributed by atoms with van der Waals surface area (Å²) in [6.07, 6.45) is 0. The smallest absolute Gasteiger partial charge is 0.304 e. The third-order valence-corrected chi connectivity index (χ3v) is 0. The Bertz CT molecular complexity index is 94.0. The second-order valence-electron chi connectivity index (χ2n) is 0.733. The Kier molecular flexibility index (Phi) is 5.07. The maximum Gasteiger partial charge on any atom is 0.453 e. The minimum absolute atomic E-state index is 0. The van der Waals surface area contributed by atoms with Crippen molar-refractivity contribution in [2.45, 2.75) is 0 Å². The fourth-order valence-electron chi connectivity index (χ4n) is 0. The Morgan fingerprint density at radius 3 is 1.50 bits per heavy atom. The van der Waals surface area contributed by atoms with Gasteiger partial charge in [-0.25, -0.2) is 8.42 Å². The number of hydrogen-bond acceptors (Lipinski definition) is 2. The van der Waals surface area contributed by atoms with Crippen LogP contribution in [-0.2, 0) is 25.6 Å². The van der Waals surface area contributed by atoms with Crippen LogP contribution < -0.4 is 0 Å². The molecule has 0 saturated carbocycles. The van der Waals surface area contributed by atoms with Crippen LogP contribution in [0, 0.1) is 0 Å². The van der Waals surface area contributed by atoms with Crippen LogP contribution >= 0.6 is 0 Å². The summed E-state index contributed by atoms with van der Waals surface area (Å²) >= 11 is -0.164. The van der Waals surface area contributed by atoms with Crippen LogP contribution in [0.1, 0.15) is 0 Å². The molecule has 0 atom stereocenters. The summed E-state index contributed by atoms with van der Waals surface area (Å²) in [4.78, 5) is 0. The molecule has 0 spiro atoms. The SMILES string of the molecule is O=[S](=O)(O)[AlH2].[Fe]. The molecular formula is H3AlFeO3S. The molecule has 0 aliphatic rings. The fourth-order valence-corrected chi connectivity index (χ4v) is 0. The van der Waals surface area contributed by atoms with Crippen LogP contribution in [0.5, 0.6) is 0 Å². The maximum absolute atomic E-state index is 9.25. The molecule has 6 heavy (non-hydrogen) atoms. The summed E-state index contributed by atoms with van der Waals surface area (Å²) < 4.78 is 26.1. The van der Waals surface area contributed by atoms with Crippen molar-refractivity contribution in [3.8, 4) is 0 Å². The summed E-state index contributed by atoms with van der Waals surface area (Å²) in [5, 5.41) is 0. The average molecular weight is 166 g/mol. The molecule has 0 unspecified atom stereocenters. The van der Waals surface area contributed by atoms with Gasteiger partial charge >= 0.3 is 15.2 Å². The zero-order chi connectivity index (χ0) is 4.50. The standard InChI is InChI=1S/Al.Fe.HO3S.2H/c;;1-4(2)3;;/h;;(H,1,2,3);;. The van der Waals surface area contributed by atoms with Crippen molar-refractivity contribution < 1.29 is 30.0 Å². The second-order valence-corrected chi connectivity index (χ2v) is 5.29. The molecule has 0 saturated heterocycles. The summed E-state index contributed by atoms with van der Waals surface area (Å²) in [6.45, 7) is 0. The quantitative estimate of drug-likeness (QED) is 0.349. The Labute approximate surface area is 53.8 Å². The van der Waals surface area contributed by atoms with Crippen molar-refractivity contribution in [3.05, 3.63) is 0 Å². The number of rotatable bonds is 0. The van der Waals surface area contributed by atoms with Crippen molar-refractivity contribution in [2.24, 2.45) is 0 Å². The molecule has 0 radical (unpaired) electrons. The van der Waals surface area contributed by atoms with Gasteiger partial charge in [-0.3, -0.25) is 0 Å². The first-order valence-electron chi connectivity index (χ1n) is 0.924. The molecular weight excluding hydrogens is 163 g/mol. The normalized spacial score (nSPS) is 9.50. The van der Waals surface area contributed by atoms with E-state index < -0.39 is 8.48 Å². The molecule has 1 N–H and O–H groups in total. The van der Waals surface area contributed by atoms with Gasteiger partial charge in [0.2, 0.25) is 0 Å². The van der Waals surface area contributed by atoms with Crippen molar-refractivity contribution in [1.29, 1.82) is 0 Å². The Morgan fingerprint density at radius 1 is 1.50 bits per heavy atom. The van der Waals surface area contributed by atoms with Crippen LogP contribution in [0.25, 0.3) is 0 Å². The zero-order valence-electron chi connectivity index (χ0n) is 3.03. The Hall–Kier alpha value is 0.962. The fraction of sp³-hybridized carbons (Fsp3) is 0. The molecule has 0 fully saturated rings. The molecule has 0 amide bonds. The third kappa shape index (κ3) is 84.2. The molecule has 0 bridgehead atoms. The second kappa shape index (κ2) is 3.03. The van der Waals surface area contributed by atoms with Crippen LogP contribution in [0.2, 0.25) is 0 Å². The first kappa shape index (κ1) is 10.1. The summed E-state index contributed by atoms with van der Waals surface area (Å²) in [7, 11) is -3.53. The van der Waals surface area contributed by atoms with Crippen molar-refractivity contribution in [1.82, 2.24) is 0 Å². The molecule has 0 aliphatic carbocycles. The monoisotopic (exact) mass is 166 g/mol. The zero-order valence-corrected chi connectivity index (χ0v) is 6.95. The predicted molar refractivity (Wildman–Crippen MR) is 20.1 cm³/mol. The minimum Gasteiger partial charge on any atom is -0.304 e. The first-order chi connectivity index (χ1) is 2.00. The van der Waals surface area contributed by atoms with E-state index in [1.807, 2.05) is 0 Å². The van der Waals surface area contributed by atoms with Crippen LogP contribution in [0.4, 0.5) is 0 Å². The Morgan fingerprint density at radius 2 is 1.50 bits per heavy atom. The molecule has 0 aromatic carbocycles. The van der Waals surface area contributed by atoms with Crippen molar-refractivity contribution in [2.75, 3.05) is 0 Å². The van der Waals surface area contributed by atoms with Gasteiger partial charge < -0.3 is 4.55 Å². The summed E-state index contributed by atoms with van der Waals surface area (Å²) in [5.74, 6) is 0. The summed E-state index contributed by atoms with van der Waals surface area (Å²) in [6, 6.07) is 0. The van der Waals surface area contributed by atoms with E-state index in [1.165, 1.54) is 0 Å². The van der Waals surface area contributed by atoms with E-state index in [9.17, 15) is 8.42 Å². The van der Waals surface area contributed by atoms with Gasteiger partial charge in [0.15, 0.2) is 0 Å². The molecule has 0 aliphatic heterocycles. The molecule has 38 valence electrons. The summed E-state index contributed by atoms with van der Waals surface area (Å²) in [5.41, 5.74) is 0. The van der Waals surface area contributed by atoms with E-state index in [4.69, 9.17) is 4.55 Å². The van der Waals surface area contributed by atoms with Gasteiger partial charge in [0, 0.05) is 17.1 Å². The van der Waals surface area contributed by atoms with Crippen LogP contribution in [0.15, 0.2) is 0 Å². The average Bonchev–Trinajstić information content (AvgIpc) is 0.722. The topological polar surface area (TPSA) is 54.4 Å². The van der Waals surface area contributed by atoms with Gasteiger partial charge in [0.05, 0.1) is 0 Å². The molecule has 0 heterocycles. The van der Waals surface area contributed by atoms with E-state index >= 15 is 0 Å². The van der Waals surface area contributed by atoms with E-state index in [-0.39, 0.29) is 32.2 Å². The first-order valence-corrected chi connectivity index (χ1v) is 5.22. The molecule has 3 nitrogen and oxygen atoms in total. The molecule has 6 heteroatoms. The van der Waals surface area contributed by atoms with Gasteiger partial charge in [-0.1, -0.05) is 0 Å². The van der Waals surface area contributed by atoms with Gasteiger partial charge in [-0.2, -0.15) is 0 Å². The van der Waals surface area contributed by atoms with Gasteiger partial charge in [-0.05, 0) is 0 Å². The van der Waals surface area contributed by atoms with E-state index in [2.05, 4.69) is 0 Å². The van der Waals surface area contributed by atoms with Gasteiger partial charge in [-0.15, -0.1) is 0 Å². The third-order valence-electron chi connectivity index (χ3n) is 0. The maximum atomic E-state index is 9.25. The van der Waals surface area contributed by atoms with Crippen molar-refractivity contribution in [3.63, 3.8) is 0 Å². The van der Waals surface area contributed by atoms with E-state index in [0.717, 1.165) is 0 Å². The van der Waals surface area contributed by atoms with Crippen LogP contribution in [0.3, 0.4) is 0 Å². The number of hydrogen-bond donors (Lipinski definition) is 1. The predicted octanol–water partition coefficient (Wildman–Crippen LogP) is -1.58. The molecule has 0 rings (SSSR count). The molecule has 0 aromatic rings. The van der Waals surface area contributed by atoms with Gasteiger partial charge in [0.1, 0.15) is 8.48 Å². The van der Waals surface area contributed by atoms with Crippen molar-refractivity contribution >= 4 is 23.6 Å². The molecule has 0 aromatic heterocycles. The largest absolute Gasteiger partial charge is 0.453 e. The van der Waals surface area contributed by atoms with E-state index in [0.29, 0.717) is 0 Å². The van der Waals surface area contributed by atoms with Gasteiger partial charge in [0.25, 0.3) is 0 Å². The Balaban J connectivity index is 0. The van der Waals surface area contributed by atoms with Crippen LogP contribution in [-0.4, -0.2) is 28.1 Å². The van der Waals surface area contributed by atoms with E-state index in [1.54, 1.807) is 0 Å².